The van der Waals surface area contributed by atoms with E-state index in [0.29, 0.717) is 50.9 Å². The van der Waals surface area contributed by atoms with Gasteiger partial charge in [-0.1, -0.05) is 30.3 Å². The van der Waals surface area contributed by atoms with Crippen molar-refractivity contribution >= 4 is 39.0 Å². The van der Waals surface area contributed by atoms with E-state index in [-0.39, 0.29) is 11.9 Å². The molecule has 0 radical (unpaired) electrons. The Morgan fingerprint density at radius 3 is 2.06 bits per heavy atom. The zero-order chi connectivity index (χ0) is 25.0. The minimum absolute atomic E-state index is 0.00339. The summed E-state index contributed by atoms with van der Waals surface area (Å²) in [6, 6.07) is 13.3. The van der Waals surface area contributed by atoms with Crippen molar-refractivity contribution in [1.82, 2.24) is 20.4 Å². The van der Waals surface area contributed by atoms with E-state index in [9.17, 15) is 26.3 Å². The van der Waals surface area contributed by atoms with E-state index in [0.717, 1.165) is 0 Å². The van der Waals surface area contributed by atoms with Crippen LogP contribution >= 0.6 is 0 Å². The minimum atomic E-state index is -4.97. The molecule has 0 aliphatic rings. The molecule has 178 valence electrons. The van der Waals surface area contributed by atoms with Crippen LogP contribution in [0.5, 0.6) is 0 Å². The lowest BCUT2D eigenvalue weighted by Gasteiger charge is -2.16. The van der Waals surface area contributed by atoms with Crippen molar-refractivity contribution in [2.75, 3.05) is 11.1 Å². The van der Waals surface area contributed by atoms with Crippen molar-refractivity contribution in [2.24, 2.45) is 0 Å². The summed E-state index contributed by atoms with van der Waals surface area (Å²) in [4.78, 5) is 0. The maximum absolute atomic E-state index is 13.2. The molecule has 6 nitrogen and oxygen atoms in total. The van der Waals surface area contributed by atoms with Crippen molar-refractivity contribution in [3.05, 3.63) is 71.8 Å². The van der Waals surface area contributed by atoms with Gasteiger partial charge < -0.3 is 11.1 Å². The van der Waals surface area contributed by atoms with Gasteiger partial charge in [-0.15, -0.1) is 10.2 Å². The summed E-state index contributed by atoms with van der Waals surface area (Å²) >= 11 is 0. The van der Waals surface area contributed by atoms with Crippen LogP contribution in [0.4, 0.5) is 43.7 Å². The van der Waals surface area contributed by atoms with Gasteiger partial charge >= 0.3 is 12.4 Å². The Hall–Kier alpha value is -4.35. The second-order valence-electron chi connectivity index (χ2n) is 7.73. The number of benzene rings is 3. The van der Waals surface area contributed by atoms with Crippen molar-refractivity contribution < 1.29 is 26.3 Å². The predicted molar refractivity (Wildman–Crippen MR) is 119 cm³/mol. The minimum Gasteiger partial charge on any atom is -0.382 e. The van der Waals surface area contributed by atoms with Crippen LogP contribution in [0.15, 0.2) is 60.7 Å². The summed E-state index contributed by atoms with van der Waals surface area (Å²) in [7, 11) is 0. The number of nitrogens with one attached hydrogen (secondary N) is 2. The van der Waals surface area contributed by atoms with Crippen LogP contribution in [0.1, 0.15) is 11.1 Å². The Morgan fingerprint density at radius 2 is 1.40 bits per heavy atom. The first kappa shape index (κ1) is 22.4. The number of hydrogen-bond acceptors (Lipinski definition) is 5. The van der Waals surface area contributed by atoms with E-state index >= 15 is 0 Å². The van der Waals surface area contributed by atoms with Gasteiger partial charge in [0, 0.05) is 27.4 Å². The average Bonchev–Trinajstić information content (AvgIpc) is 3.18. The molecule has 0 fully saturated rings. The van der Waals surface area contributed by atoms with Gasteiger partial charge in [-0.25, -0.2) is 0 Å². The molecule has 0 saturated heterocycles. The summed E-state index contributed by atoms with van der Waals surface area (Å²) in [5.74, 6) is 0.338. The molecule has 0 aliphatic heterocycles. The number of H-pyrrole nitrogens is 1. The standard InChI is InChI=1S/C23H14F6N6/c24-22(25,26)12-8-13(23(27,28)29)10-14(9-12)31-21-16-4-2-1-3-15(16)19(33-35-21)11-5-6-17-18(7-11)32-34-20(17)30/h1-10H,(H,31,35)(H3,30,32,34). The van der Waals surface area contributed by atoms with E-state index < -0.39 is 29.2 Å². The number of rotatable bonds is 3. The van der Waals surface area contributed by atoms with Crippen LogP contribution in [0, 0.1) is 0 Å². The molecule has 5 aromatic rings. The number of nitrogens with zero attached hydrogens (tertiary/aromatic N) is 3. The SMILES string of the molecule is Nc1n[nH]c2cc(-c3nnc(Nc4cc(C(F)(F)F)cc(C(F)(F)F)c4)c4ccccc34)ccc12. The summed E-state index contributed by atoms with van der Waals surface area (Å²) < 4.78 is 79.5. The molecule has 2 heterocycles. The quantitative estimate of drug-likeness (QED) is 0.251. The summed E-state index contributed by atoms with van der Waals surface area (Å²) in [5, 5.41) is 19.4. The molecule has 35 heavy (non-hydrogen) atoms. The van der Waals surface area contributed by atoms with Crippen LogP contribution in [-0.4, -0.2) is 20.4 Å². The van der Waals surface area contributed by atoms with Crippen molar-refractivity contribution in [2.45, 2.75) is 12.4 Å². The van der Waals surface area contributed by atoms with E-state index in [1.54, 1.807) is 42.5 Å². The molecule has 12 heteroatoms. The van der Waals surface area contributed by atoms with Crippen molar-refractivity contribution in [3.8, 4) is 11.3 Å². The largest absolute Gasteiger partial charge is 0.416 e. The lowest BCUT2D eigenvalue weighted by atomic mass is 10.0. The highest BCUT2D eigenvalue weighted by Gasteiger charge is 2.37. The number of anilines is 3. The number of fused-ring (bicyclic) bond motifs is 2. The average molecular weight is 488 g/mol. The lowest BCUT2D eigenvalue weighted by molar-refractivity contribution is -0.143. The molecule has 0 saturated carbocycles. The van der Waals surface area contributed by atoms with Gasteiger partial charge in [0.25, 0.3) is 0 Å². The Labute approximate surface area is 192 Å². The Balaban J connectivity index is 1.61. The maximum Gasteiger partial charge on any atom is 0.416 e. The smallest absolute Gasteiger partial charge is 0.382 e. The zero-order valence-electron chi connectivity index (χ0n) is 17.5. The van der Waals surface area contributed by atoms with Gasteiger partial charge in [-0.3, -0.25) is 5.10 Å². The van der Waals surface area contributed by atoms with Crippen LogP contribution in [0.25, 0.3) is 32.9 Å². The number of halogens is 6. The zero-order valence-corrected chi connectivity index (χ0v) is 17.5. The van der Waals surface area contributed by atoms with Crippen LogP contribution < -0.4 is 11.1 Å². The van der Waals surface area contributed by atoms with E-state index in [2.05, 4.69) is 25.7 Å². The normalized spacial score (nSPS) is 12.4. The number of hydrogen-bond donors (Lipinski definition) is 3. The van der Waals surface area contributed by atoms with E-state index in [4.69, 9.17) is 5.73 Å². The van der Waals surface area contributed by atoms with E-state index in [1.807, 2.05) is 0 Å². The monoisotopic (exact) mass is 488 g/mol. The fourth-order valence-corrected chi connectivity index (χ4v) is 3.76. The first-order valence-electron chi connectivity index (χ1n) is 10.1. The number of aromatic amines is 1. The molecule has 0 aliphatic carbocycles. The third-order valence-corrected chi connectivity index (χ3v) is 5.40. The van der Waals surface area contributed by atoms with E-state index in [1.165, 1.54) is 0 Å². The fraction of sp³-hybridized carbons (Fsp3) is 0.0870. The Bertz CT molecular complexity index is 1540. The van der Waals surface area contributed by atoms with Crippen molar-refractivity contribution in [3.63, 3.8) is 0 Å². The van der Waals surface area contributed by atoms with Crippen molar-refractivity contribution in [1.29, 1.82) is 0 Å². The second kappa shape index (κ2) is 7.86. The van der Waals surface area contributed by atoms with Crippen LogP contribution in [0.3, 0.4) is 0 Å². The molecule has 0 spiro atoms. The van der Waals surface area contributed by atoms with Gasteiger partial charge in [0.2, 0.25) is 0 Å². The highest BCUT2D eigenvalue weighted by molar-refractivity contribution is 6.02. The molecular weight excluding hydrogens is 474 g/mol. The highest BCUT2D eigenvalue weighted by atomic mass is 19.4. The first-order chi connectivity index (χ1) is 16.5. The molecule has 2 aromatic heterocycles. The predicted octanol–water partition coefficient (Wildman–Crippen LogP) is 6.54. The molecule has 0 amide bonds. The lowest BCUT2D eigenvalue weighted by Crippen LogP contribution is -2.12. The summed E-state index contributed by atoms with van der Waals surface area (Å²) in [6.07, 6.45) is -9.94. The molecular formula is C23H14F6N6. The molecule has 0 bridgehead atoms. The van der Waals surface area contributed by atoms with Gasteiger partial charge in [0.05, 0.1) is 16.6 Å². The highest BCUT2D eigenvalue weighted by Crippen LogP contribution is 2.39. The number of aromatic nitrogens is 4. The Kier molecular flexibility index (Phi) is 5.04. The molecule has 3 aromatic carbocycles. The first-order valence-corrected chi connectivity index (χ1v) is 10.1. The van der Waals surface area contributed by atoms with Gasteiger partial charge in [-0.05, 0) is 30.3 Å². The van der Waals surface area contributed by atoms with Crippen LogP contribution in [-0.2, 0) is 12.4 Å². The molecule has 4 N–H and O–H groups in total. The van der Waals surface area contributed by atoms with Gasteiger partial charge in [-0.2, -0.15) is 31.4 Å². The molecule has 0 unspecified atom stereocenters. The Morgan fingerprint density at radius 1 is 0.743 bits per heavy atom. The number of nitrogen functional groups attached to an aromatic ring is 1. The molecule has 0 atom stereocenters. The number of alkyl halides is 6. The summed E-state index contributed by atoms with van der Waals surface area (Å²) in [5.41, 5.74) is 4.30. The van der Waals surface area contributed by atoms with Gasteiger partial charge in [0.1, 0.15) is 5.69 Å². The maximum atomic E-state index is 13.2. The molecule has 5 rings (SSSR count). The third-order valence-electron chi connectivity index (χ3n) is 5.40. The fourth-order valence-electron chi connectivity index (χ4n) is 3.76. The summed E-state index contributed by atoms with van der Waals surface area (Å²) in [6.45, 7) is 0. The van der Waals surface area contributed by atoms with Gasteiger partial charge in [0.15, 0.2) is 11.6 Å². The third kappa shape index (κ3) is 4.18. The van der Waals surface area contributed by atoms with Crippen LogP contribution in [0.2, 0.25) is 0 Å². The number of nitrogens with two attached hydrogens (primary N) is 1. The second-order valence-corrected chi connectivity index (χ2v) is 7.73. The topological polar surface area (TPSA) is 92.5 Å².